The van der Waals surface area contributed by atoms with Gasteiger partial charge >= 0.3 is 664 Å². The van der Waals surface area contributed by atoms with Gasteiger partial charge in [0.25, 0.3) is 0 Å². The summed E-state index contributed by atoms with van der Waals surface area (Å²) in [5.74, 6) is 2.88. The van der Waals surface area contributed by atoms with Gasteiger partial charge in [-0.3, -0.25) is 0 Å². The van der Waals surface area contributed by atoms with Gasteiger partial charge in [0.15, 0.2) is 0 Å². The first-order valence-electron chi connectivity index (χ1n) is 38.1. The van der Waals surface area contributed by atoms with E-state index in [9.17, 15) is 0 Å². The van der Waals surface area contributed by atoms with Gasteiger partial charge in [0.05, 0.1) is 0 Å². The van der Waals surface area contributed by atoms with Crippen molar-refractivity contribution >= 4 is 130 Å². The number of fused-ring (bicyclic) bond motifs is 18. The molecule has 0 aliphatic carbocycles. The minimum absolute atomic E-state index is 0.216. The summed E-state index contributed by atoms with van der Waals surface area (Å²) in [7, 11) is 0. The molecule has 5 aliphatic heterocycles. The van der Waals surface area contributed by atoms with Crippen molar-refractivity contribution < 1.29 is 4.70 Å². The number of nitrogens with zero attached hydrogens (tertiary/aromatic N) is 24. The average molecular weight is 1670 g/mol. The van der Waals surface area contributed by atoms with Crippen molar-refractivity contribution in [3.05, 3.63) is 264 Å². The molecule has 0 spiro atoms. The normalized spacial score (nSPS) is 14.7. The number of aromatic nitrogens is 16. The average Bonchev–Trinajstić information content (AvgIpc) is 1.53. The van der Waals surface area contributed by atoms with E-state index >= 15 is 0 Å². The molecule has 5 aliphatic rings. The summed E-state index contributed by atoms with van der Waals surface area (Å²) in [6, 6.07) is 49.2. The number of rotatable bonds is 8. The Hall–Kier alpha value is -13.1. The molecule has 17 aromatic rings. The monoisotopic (exact) mass is 1670 g/mol. The van der Waals surface area contributed by atoms with Crippen molar-refractivity contribution in [2.75, 3.05) is 0 Å². The Bertz CT molecular complexity index is 7550. The zero-order chi connectivity index (χ0) is 77.1. The van der Waals surface area contributed by atoms with Gasteiger partial charge < -0.3 is 0 Å². The first-order chi connectivity index (χ1) is 54.6. The van der Waals surface area contributed by atoms with Crippen LogP contribution in [0.15, 0.2) is 186 Å². The van der Waals surface area contributed by atoms with E-state index in [0.29, 0.717) is 46.0 Å². The summed E-state index contributed by atoms with van der Waals surface area (Å²) in [5.41, 5.74) is 23.9. The number of hydrogen-bond acceptors (Lipinski definition) is 14. The number of azo groups is 2. The Labute approximate surface area is 659 Å². The molecule has 22 rings (SSSR count). The molecule has 1 unspecified atom stereocenters. The van der Waals surface area contributed by atoms with Gasteiger partial charge in [0, 0.05) is 0 Å². The van der Waals surface area contributed by atoms with Crippen molar-refractivity contribution in [2.45, 2.75) is 117 Å². The molecule has 9 aromatic heterocycles. The Morgan fingerprint density at radius 3 is 0.850 bits per heavy atom. The van der Waals surface area contributed by atoms with E-state index in [0.717, 1.165) is 218 Å². The van der Waals surface area contributed by atoms with Gasteiger partial charge in [-0.1, -0.05) is 0 Å². The predicted octanol–water partition coefficient (Wildman–Crippen LogP) is 16.1. The Morgan fingerprint density at radius 2 is 0.558 bits per heavy atom. The van der Waals surface area contributed by atoms with E-state index in [1.54, 1.807) is 0 Å². The summed E-state index contributed by atoms with van der Waals surface area (Å²) in [6.45, 7) is 33.5. The van der Waals surface area contributed by atoms with Crippen molar-refractivity contribution in [1.82, 2.24) is 73.2 Å². The molecule has 14 heterocycles. The maximum atomic E-state index is 6.46. The van der Waals surface area contributed by atoms with Gasteiger partial charge in [-0.05, 0) is 0 Å². The van der Waals surface area contributed by atoms with E-state index in [2.05, 4.69) is 271 Å². The molecule has 113 heavy (non-hydrogen) atoms. The molecule has 0 amide bonds. The van der Waals surface area contributed by atoms with Crippen LogP contribution in [0.1, 0.15) is 116 Å². The fourth-order valence-electron chi connectivity index (χ4n) is 18.7. The van der Waals surface area contributed by atoms with E-state index < -0.39 is 24.8 Å². The summed E-state index contributed by atoms with van der Waals surface area (Å²) < 4.78 is 21.8. The number of allylic oxidation sites excluding steroid dienone is 1. The second-order valence-corrected chi connectivity index (χ2v) is 35.9. The molecule has 0 saturated heterocycles. The standard InChI is InChI=1S/C88H73N24.Tl/c1-41-33-49(9)105(97-41)73-57-25-17-18-26-58(57)74(106-50(10)34-42(2)98-106)66-65(73)81-89-82(66)94-84-69-70(78(110-54(14)38-46(6)102-110)62-30-22-21-29-61(62)77(69)109-53(13)37-45(5)101-109)86(91-84)96-88-72-71(79(111-55(15)39-47(7)103-111)63-31-23-24-32-64(63)80(72)112-56(16)40-48(8)104-112)87(92-88)95-85-68-67(83(90-85)93-81)75(107-51(11)35-43(3)99-107)59-27-19-20-28-60(59)76(68)108-52(12)36-44(4)100-108;/h17-40,49H,1-16H3;/q-1;+2. The van der Waals surface area contributed by atoms with Gasteiger partial charge in [-0.2, -0.15) is 0 Å². The molecule has 24 nitrogen and oxygen atoms in total. The summed E-state index contributed by atoms with van der Waals surface area (Å²) in [4.78, 5) is 38.1. The number of aliphatic imine (C=N–C) groups is 4. The summed E-state index contributed by atoms with van der Waals surface area (Å²) in [6.07, 6.45) is 2.23. The van der Waals surface area contributed by atoms with Crippen LogP contribution in [0.2, 0.25) is 0 Å². The fraction of sp³-hybridized carbons (Fsp3) is 0.193. The second kappa shape index (κ2) is 23.7. The summed E-state index contributed by atoms with van der Waals surface area (Å²) in [5, 5.41) is 54.4. The predicted molar refractivity (Wildman–Crippen MR) is 443 cm³/mol. The van der Waals surface area contributed by atoms with Crippen molar-refractivity contribution in [3.63, 3.8) is 0 Å². The molecular formula is C88H73N24Tl+. The quantitative estimate of drug-likeness (QED) is 0.106. The van der Waals surface area contributed by atoms with Gasteiger partial charge in [0.2, 0.25) is 0 Å². The molecule has 0 fully saturated rings. The molecule has 0 radical (unpaired) electrons. The van der Waals surface area contributed by atoms with Crippen LogP contribution < -0.4 is 11.0 Å². The van der Waals surface area contributed by atoms with Crippen LogP contribution in [-0.4, -0.2) is 132 Å². The van der Waals surface area contributed by atoms with Crippen molar-refractivity contribution in [2.24, 2.45) is 35.1 Å². The van der Waals surface area contributed by atoms with Crippen LogP contribution in [0.25, 0.3) is 104 Å². The van der Waals surface area contributed by atoms with Crippen molar-refractivity contribution in [1.29, 1.82) is 0 Å². The van der Waals surface area contributed by atoms with E-state index in [4.69, 9.17) is 70.8 Å². The van der Waals surface area contributed by atoms with Crippen LogP contribution in [-0.2, 0) is 0 Å². The molecule has 0 N–H and O–H groups in total. The number of amidine groups is 4. The number of benzene rings is 8. The van der Waals surface area contributed by atoms with E-state index in [-0.39, 0.29) is 6.04 Å². The van der Waals surface area contributed by atoms with E-state index in [1.807, 2.05) is 27.7 Å². The van der Waals surface area contributed by atoms with Crippen LogP contribution >= 0.6 is 0 Å². The van der Waals surface area contributed by atoms with Gasteiger partial charge in [-0.25, -0.2) is 0 Å². The number of hydrogen-bond donors (Lipinski definition) is 0. The maximum absolute atomic E-state index is 6.46. The molecule has 547 valence electrons. The Balaban J connectivity index is 1.08. The minimum atomic E-state index is -3.55. The Kier molecular flexibility index (Phi) is 14.0. The molecular weight excluding hydrogens is 1600 g/mol. The topological polar surface area (TPSA) is 224 Å². The molecule has 1 atom stereocenters. The zero-order valence-electron chi connectivity index (χ0n) is 65.2. The van der Waals surface area contributed by atoms with Crippen LogP contribution in [0, 0.1) is 96.9 Å². The third kappa shape index (κ3) is 9.36. The molecule has 25 heteroatoms. The number of aryl methyl sites for hydroxylation is 14. The SMILES string of the molecule is CC1=CC(C)[N+](c2c3ccccc3c(-n3nc(C)cc3C)c3c4[n]5c(c23)N=C2N=C(N=c3c6c(-n7nc(C)cc7C)c7ccccc7c(-n7nc(C)cc7C)c6c([n]3[Tl]5)=NC3=NC(=N4)c4c3c(-n3nc(C)cc3C)c3ccccc3c4-n3nc(C)cc3C)c3c2c(-n2nc(C)cc2C)c2ccccc2c3-n2nc(C)cc2C)=N1. The summed E-state index contributed by atoms with van der Waals surface area (Å²) >= 11 is -3.55. The van der Waals surface area contributed by atoms with Crippen LogP contribution in [0.4, 0.5) is 17.3 Å². The molecule has 8 aromatic carbocycles. The molecule has 0 saturated carbocycles. The first kappa shape index (κ1) is 66.8. The van der Waals surface area contributed by atoms with Crippen LogP contribution in [0.3, 0.4) is 0 Å². The molecule has 6 bridgehead atoms. The van der Waals surface area contributed by atoms with E-state index in [1.165, 1.54) is 0 Å². The zero-order valence-corrected chi connectivity index (χ0v) is 69.7. The fourth-order valence-corrected chi connectivity index (χ4v) is 24.2. The Morgan fingerprint density at radius 1 is 0.292 bits per heavy atom. The second-order valence-electron chi connectivity index (χ2n) is 31.0. The third-order valence-electron chi connectivity index (χ3n) is 22.8. The van der Waals surface area contributed by atoms with Crippen molar-refractivity contribution in [3.8, 4) is 39.8 Å². The third-order valence-corrected chi connectivity index (χ3v) is 28.4. The van der Waals surface area contributed by atoms with Crippen LogP contribution in [0.5, 0.6) is 0 Å². The van der Waals surface area contributed by atoms with Gasteiger partial charge in [0.1, 0.15) is 0 Å². The first-order valence-corrected chi connectivity index (χ1v) is 42.2. The van der Waals surface area contributed by atoms with Gasteiger partial charge in [-0.15, -0.1) is 0 Å².